The molecule has 0 spiro atoms. The van der Waals surface area contributed by atoms with E-state index in [2.05, 4.69) is 0 Å². The molecule has 4 aromatic carbocycles. The van der Waals surface area contributed by atoms with Crippen molar-refractivity contribution < 1.29 is 9.36 Å². The zero-order chi connectivity index (χ0) is 23.2. The highest BCUT2D eigenvalue weighted by Crippen LogP contribution is 2.59. The van der Waals surface area contributed by atoms with E-state index in [1.165, 1.54) is 0 Å². The number of hydrogen-bond donors (Lipinski definition) is 0. The van der Waals surface area contributed by atoms with E-state index in [1.54, 1.807) is 0 Å². The molecule has 0 radical (unpaired) electrons. The molecule has 0 aliphatic carbocycles. The van der Waals surface area contributed by atoms with Crippen molar-refractivity contribution >= 4 is 29.6 Å². The molecular weight excluding hydrogens is 423 g/mol. The minimum Gasteiger partial charge on any atom is -0.313 e. The van der Waals surface area contributed by atoms with Gasteiger partial charge in [0.1, 0.15) is 0 Å². The Balaban J connectivity index is 1.90. The van der Waals surface area contributed by atoms with Crippen LogP contribution in [0.2, 0.25) is 0 Å². The summed E-state index contributed by atoms with van der Waals surface area (Å²) in [6.07, 6.45) is 4.32. The molecule has 0 saturated carbocycles. The zero-order valence-electron chi connectivity index (χ0n) is 18.7. The molecule has 164 valence electrons. The molecule has 0 bridgehead atoms. The maximum absolute atomic E-state index is 15.2. The maximum Gasteiger partial charge on any atom is 0.176 e. The van der Waals surface area contributed by atoms with E-state index < -0.39 is 12.3 Å². The van der Waals surface area contributed by atoms with E-state index in [0.29, 0.717) is 22.6 Å². The standard InChI is InChI=1S/C30H27O2P/c1-30(29(31)26-18-8-3-9-19-26,24-14-17-25-15-6-2-7-16-25)33(32,27-20-10-4-11-21-27)28-22-12-5-13-23-28/h2-23H,24H2,1H3/b17-14+. The molecule has 4 aromatic rings. The lowest BCUT2D eigenvalue weighted by Crippen LogP contribution is -2.42. The molecule has 33 heavy (non-hydrogen) atoms. The predicted octanol–water partition coefficient (Wildman–Crippen LogP) is 6.75. The number of ketones is 1. The Hall–Kier alpha value is -3.48. The van der Waals surface area contributed by atoms with Crippen molar-refractivity contribution in [2.75, 3.05) is 0 Å². The second-order valence-corrected chi connectivity index (χ2v) is 11.5. The van der Waals surface area contributed by atoms with Crippen LogP contribution >= 0.6 is 7.14 Å². The Bertz CT molecular complexity index is 1220. The molecule has 1 atom stereocenters. The fourth-order valence-electron chi connectivity index (χ4n) is 4.25. The summed E-state index contributed by atoms with van der Waals surface area (Å²) in [7, 11) is -3.39. The third kappa shape index (κ3) is 4.53. The number of Topliss-reactive ketones (excluding diaryl/α,β-unsaturated/α-hetero) is 1. The third-order valence-corrected chi connectivity index (χ3v) is 9.91. The summed E-state index contributed by atoms with van der Waals surface area (Å²) in [5.41, 5.74) is 1.61. The molecule has 0 aromatic heterocycles. The van der Waals surface area contributed by atoms with Crippen molar-refractivity contribution in [2.45, 2.75) is 18.5 Å². The molecule has 4 rings (SSSR count). The molecule has 0 fully saturated rings. The summed E-state index contributed by atoms with van der Waals surface area (Å²) in [6.45, 7) is 1.86. The molecule has 0 N–H and O–H groups in total. The Labute approximate surface area is 196 Å². The first-order valence-corrected chi connectivity index (χ1v) is 12.8. The molecule has 0 heterocycles. The lowest BCUT2D eigenvalue weighted by Gasteiger charge is -2.37. The topological polar surface area (TPSA) is 34.1 Å². The van der Waals surface area contributed by atoms with Crippen LogP contribution in [0.25, 0.3) is 6.08 Å². The number of carbonyl (C=O) groups is 1. The van der Waals surface area contributed by atoms with Crippen molar-refractivity contribution in [3.63, 3.8) is 0 Å². The van der Waals surface area contributed by atoms with Gasteiger partial charge in [-0.25, -0.2) is 0 Å². The van der Waals surface area contributed by atoms with Crippen LogP contribution in [-0.2, 0) is 4.57 Å². The van der Waals surface area contributed by atoms with Crippen LogP contribution in [0.15, 0.2) is 127 Å². The van der Waals surface area contributed by atoms with Crippen molar-refractivity contribution in [1.82, 2.24) is 0 Å². The van der Waals surface area contributed by atoms with Gasteiger partial charge in [0.05, 0.1) is 5.16 Å². The van der Waals surface area contributed by atoms with Crippen LogP contribution in [-0.4, -0.2) is 10.9 Å². The average Bonchev–Trinajstić information content (AvgIpc) is 2.89. The monoisotopic (exact) mass is 450 g/mol. The summed E-state index contributed by atoms with van der Waals surface area (Å²) >= 11 is 0. The first-order valence-electron chi connectivity index (χ1n) is 11.1. The van der Waals surface area contributed by atoms with Gasteiger partial charge >= 0.3 is 0 Å². The largest absolute Gasteiger partial charge is 0.313 e. The molecule has 1 unspecified atom stereocenters. The van der Waals surface area contributed by atoms with Gasteiger partial charge in [-0.15, -0.1) is 0 Å². The van der Waals surface area contributed by atoms with Crippen LogP contribution in [0.4, 0.5) is 0 Å². The van der Waals surface area contributed by atoms with Gasteiger partial charge in [-0.1, -0.05) is 133 Å². The number of allylic oxidation sites excluding steroid dienone is 1. The average molecular weight is 451 g/mol. The van der Waals surface area contributed by atoms with E-state index >= 15 is 4.57 Å². The number of rotatable bonds is 8. The summed E-state index contributed by atoms with van der Waals surface area (Å²) in [4.78, 5) is 14.1. The lowest BCUT2D eigenvalue weighted by molar-refractivity contribution is 0.0946. The Morgan fingerprint density at radius 2 is 1.12 bits per heavy atom. The van der Waals surface area contributed by atoms with Crippen LogP contribution in [0.3, 0.4) is 0 Å². The normalized spacial score (nSPS) is 13.5. The minimum absolute atomic E-state index is 0.114. The number of hydrogen-bond acceptors (Lipinski definition) is 2. The molecule has 0 amide bonds. The van der Waals surface area contributed by atoms with Gasteiger partial charge in [0.15, 0.2) is 12.9 Å². The molecule has 0 saturated heterocycles. The number of benzene rings is 4. The van der Waals surface area contributed by atoms with Crippen LogP contribution < -0.4 is 10.6 Å². The third-order valence-electron chi connectivity index (χ3n) is 6.08. The van der Waals surface area contributed by atoms with Crippen molar-refractivity contribution in [1.29, 1.82) is 0 Å². The van der Waals surface area contributed by atoms with Gasteiger partial charge < -0.3 is 4.57 Å². The van der Waals surface area contributed by atoms with Gasteiger partial charge in [-0.2, -0.15) is 0 Å². The van der Waals surface area contributed by atoms with Crippen LogP contribution in [0.1, 0.15) is 29.3 Å². The predicted molar refractivity (Wildman–Crippen MR) is 139 cm³/mol. The van der Waals surface area contributed by atoms with E-state index in [1.807, 2.05) is 140 Å². The highest BCUT2D eigenvalue weighted by molar-refractivity contribution is 7.81. The summed E-state index contributed by atoms with van der Waals surface area (Å²) in [5, 5.41) is 0.217. The fourth-order valence-corrected chi connectivity index (χ4v) is 7.65. The highest BCUT2D eigenvalue weighted by atomic mass is 31.2. The SMILES string of the molecule is CC(C/C=C/c1ccccc1)(C(=O)c1ccccc1)P(=O)(c1ccccc1)c1ccccc1. The van der Waals surface area contributed by atoms with E-state index in [4.69, 9.17) is 0 Å². The Kier molecular flexibility index (Phi) is 6.87. The van der Waals surface area contributed by atoms with Gasteiger partial charge in [0.25, 0.3) is 0 Å². The Morgan fingerprint density at radius 1 is 0.697 bits per heavy atom. The van der Waals surface area contributed by atoms with Crippen LogP contribution in [0.5, 0.6) is 0 Å². The van der Waals surface area contributed by atoms with Gasteiger partial charge in [0, 0.05) is 16.2 Å². The fraction of sp³-hybridized carbons (Fsp3) is 0.100. The summed E-state index contributed by atoms with van der Waals surface area (Å²) in [6, 6.07) is 38.0. The molecule has 0 aliphatic heterocycles. The molecule has 0 aliphatic rings. The van der Waals surface area contributed by atoms with E-state index in [9.17, 15) is 4.79 Å². The Morgan fingerprint density at radius 3 is 1.61 bits per heavy atom. The summed E-state index contributed by atoms with van der Waals surface area (Å²) in [5.74, 6) is -0.114. The zero-order valence-corrected chi connectivity index (χ0v) is 19.6. The lowest BCUT2D eigenvalue weighted by atomic mass is 9.94. The van der Waals surface area contributed by atoms with Gasteiger partial charge in [0.2, 0.25) is 0 Å². The van der Waals surface area contributed by atoms with Gasteiger partial charge in [-0.05, 0) is 18.9 Å². The van der Waals surface area contributed by atoms with Crippen LogP contribution in [0, 0.1) is 0 Å². The van der Waals surface area contributed by atoms with Gasteiger partial charge in [-0.3, -0.25) is 4.79 Å². The second kappa shape index (κ2) is 9.98. The second-order valence-electron chi connectivity index (χ2n) is 8.27. The maximum atomic E-state index is 15.2. The highest BCUT2D eigenvalue weighted by Gasteiger charge is 2.51. The number of carbonyl (C=O) groups excluding carboxylic acids is 1. The summed E-state index contributed by atoms with van der Waals surface area (Å²) < 4.78 is 15.2. The first kappa shape index (κ1) is 22.7. The van der Waals surface area contributed by atoms with Crippen molar-refractivity contribution in [3.05, 3.63) is 139 Å². The van der Waals surface area contributed by atoms with Crippen molar-refractivity contribution in [3.8, 4) is 0 Å². The first-order chi connectivity index (χ1) is 16.1. The molecular formula is C30H27O2P. The van der Waals surface area contributed by atoms with Crippen molar-refractivity contribution in [2.24, 2.45) is 0 Å². The molecule has 2 nitrogen and oxygen atoms in total. The minimum atomic E-state index is -3.39. The molecule has 3 heteroatoms. The van der Waals surface area contributed by atoms with E-state index in [0.717, 1.165) is 5.56 Å². The van der Waals surface area contributed by atoms with E-state index in [-0.39, 0.29) is 5.78 Å². The smallest absolute Gasteiger partial charge is 0.176 e. The quantitative estimate of drug-likeness (QED) is 0.220.